The molecule has 4 rings (SSSR count). The summed E-state index contributed by atoms with van der Waals surface area (Å²) in [5.41, 5.74) is 2.61. The summed E-state index contributed by atoms with van der Waals surface area (Å²) in [5, 5.41) is 6.37. The summed E-state index contributed by atoms with van der Waals surface area (Å²) < 4.78 is 5.56. The van der Waals surface area contributed by atoms with Crippen LogP contribution in [0, 0.1) is 5.92 Å². The van der Waals surface area contributed by atoms with Gasteiger partial charge in [0.1, 0.15) is 17.6 Å². The molecule has 2 aliphatic heterocycles. The molecule has 150 valence electrons. The minimum absolute atomic E-state index is 0.0599. The smallest absolute Gasteiger partial charge is 0.273 e. The zero-order valence-corrected chi connectivity index (χ0v) is 16.7. The molecule has 0 radical (unpaired) electrons. The van der Waals surface area contributed by atoms with Gasteiger partial charge in [0.25, 0.3) is 11.8 Å². The number of carbonyl (C=O) groups excluding carboxylic acids is 2. The van der Waals surface area contributed by atoms with E-state index in [0.717, 1.165) is 18.5 Å². The Bertz CT molecular complexity index is 829. The fraction of sp³-hybridized carbons (Fsp3) is 0.524. The lowest BCUT2D eigenvalue weighted by Gasteiger charge is -2.39. The Balaban J connectivity index is 1.76. The highest BCUT2D eigenvalue weighted by Crippen LogP contribution is 2.44. The average molecular weight is 384 g/mol. The number of methoxy groups -OCH3 is 1. The van der Waals surface area contributed by atoms with Gasteiger partial charge in [-0.15, -0.1) is 0 Å². The molecule has 7 nitrogen and oxygen atoms in total. The Hall–Kier alpha value is -2.70. The molecule has 1 aromatic rings. The van der Waals surface area contributed by atoms with E-state index in [1.165, 1.54) is 19.3 Å². The van der Waals surface area contributed by atoms with Crippen LogP contribution < -0.4 is 20.3 Å². The first kappa shape index (κ1) is 18.7. The van der Waals surface area contributed by atoms with Gasteiger partial charge >= 0.3 is 0 Å². The first-order valence-electron chi connectivity index (χ1n) is 10.1. The molecule has 2 N–H and O–H groups in total. The van der Waals surface area contributed by atoms with E-state index >= 15 is 0 Å². The molecule has 1 fully saturated rings. The second-order valence-corrected chi connectivity index (χ2v) is 7.75. The molecule has 28 heavy (non-hydrogen) atoms. The third-order valence-electron chi connectivity index (χ3n) is 6.13. The van der Waals surface area contributed by atoms with Crippen LogP contribution in [0.1, 0.15) is 49.4 Å². The van der Waals surface area contributed by atoms with Crippen molar-refractivity contribution in [1.82, 2.24) is 10.2 Å². The van der Waals surface area contributed by atoms with Crippen LogP contribution >= 0.6 is 0 Å². The van der Waals surface area contributed by atoms with Crippen LogP contribution in [0.3, 0.4) is 0 Å². The molecule has 0 saturated heterocycles. The molecular weight excluding hydrogens is 356 g/mol. The van der Waals surface area contributed by atoms with E-state index in [0.29, 0.717) is 35.2 Å². The molecule has 0 aromatic heterocycles. The summed E-state index contributed by atoms with van der Waals surface area (Å²) in [5.74, 6) is 0.737. The van der Waals surface area contributed by atoms with E-state index in [-0.39, 0.29) is 18.0 Å². The number of fused-ring (bicyclic) bond motifs is 3. The van der Waals surface area contributed by atoms with Crippen molar-refractivity contribution in [1.29, 1.82) is 0 Å². The number of anilines is 2. The maximum atomic E-state index is 12.8. The topological polar surface area (TPSA) is 73.9 Å². The monoisotopic (exact) mass is 384 g/mol. The molecular formula is C21H28N4O3. The standard InChI is InChI=1S/C21H28N4O3/c1-4-24(2)21(27)14-10-15-16(11-18(14)28-3)25-17(20(26)23-15)12-22-19(25)13-8-6-5-7-9-13/h10-13,19,22H,4-9H2,1-3H3,(H,23,26). The zero-order valence-electron chi connectivity index (χ0n) is 16.7. The minimum atomic E-state index is -0.147. The second kappa shape index (κ2) is 7.37. The van der Waals surface area contributed by atoms with E-state index in [1.807, 2.05) is 19.2 Å². The third-order valence-corrected chi connectivity index (χ3v) is 6.13. The van der Waals surface area contributed by atoms with Gasteiger partial charge in [-0.25, -0.2) is 0 Å². The van der Waals surface area contributed by atoms with Gasteiger partial charge in [0.15, 0.2) is 0 Å². The zero-order chi connectivity index (χ0) is 19.8. The number of hydrogen-bond donors (Lipinski definition) is 2. The molecule has 1 saturated carbocycles. The fourth-order valence-corrected chi connectivity index (χ4v) is 4.45. The number of rotatable bonds is 4. The Labute approximate surface area is 165 Å². The summed E-state index contributed by atoms with van der Waals surface area (Å²) in [6.45, 7) is 2.52. The Morgan fingerprint density at radius 3 is 2.71 bits per heavy atom. The number of nitrogens with zero attached hydrogens (tertiary/aromatic N) is 2. The Morgan fingerprint density at radius 2 is 2.04 bits per heavy atom. The summed E-state index contributed by atoms with van der Waals surface area (Å²) in [7, 11) is 3.33. The fourth-order valence-electron chi connectivity index (χ4n) is 4.45. The summed E-state index contributed by atoms with van der Waals surface area (Å²) in [6, 6.07) is 3.62. The van der Waals surface area contributed by atoms with E-state index in [1.54, 1.807) is 25.1 Å². The van der Waals surface area contributed by atoms with Crippen molar-refractivity contribution in [2.75, 3.05) is 30.9 Å². The van der Waals surface area contributed by atoms with Crippen LogP contribution in [0.25, 0.3) is 0 Å². The maximum Gasteiger partial charge on any atom is 0.273 e. The van der Waals surface area contributed by atoms with Gasteiger partial charge in [0.2, 0.25) is 0 Å². The lowest BCUT2D eigenvalue weighted by atomic mass is 9.86. The molecule has 1 unspecified atom stereocenters. The maximum absolute atomic E-state index is 12.8. The minimum Gasteiger partial charge on any atom is -0.496 e. The van der Waals surface area contributed by atoms with Gasteiger partial charge in [0.05, 0.1) is 24.0 Å². The Kier molecular flexibility index (Phi) is 4.91. The third kappa shape index (κ3) is 2.99. The van der Waals surface area contributed by atoms with Gasteiger partial charge in [-0.2, -0.15) is 0 Å². The van der Waals surface area contributed by atoms with E-state index < -0.39 is 0 Å². The number of nitrogens with one attached hydrogen (secondary N) is 2. The average Bonchev–Trinajstić information content (AvgIpc) is 3.18. The van der Waals surface area contributed by atoms with Crippen LogP contribution in [-0.4, -0.2) is 43.6 Å². The first-order chi connectivity index (χ1) is 13.5. The van der Waals surface area contributed by atoms with E-state index in [9.17, 15) is 9.59 Å². The SMILES string of the molecule is CCN(C)C(=O)c1cc2c(cc1OC)N1C(=CNC1C1CCCCC1)C(=O)N2. The number of carbonyl (C=O) groups is 2. The van der Waals surface area contributed by atoms with Gasteiger partial charge in [0, 0.05) is 25.9 Å². The summed E-state index contributed by atoms with van der Waals surface area (Å²) >= 11 is 0. The van der Waals surface area contributed by atoms with E-state index in [2.05, 4.69) is 15.5 Å². The largest absolute Gasteiger partial charge is 0.496 e. The lowest BCUT2D eigenvalue weighted by molar-refractivity contribution is -0.113. The van der Waals surface area contributed by atoms with Crippen molar-refractivity contribution in [3.8, 4) is 5.75 Å². The van der Waals surface area contributed by atoms with E-state index in [4.69, 9.17) is 4.74 Å². The van der Waals surface area contributed by atoms with Crippen molar-refractivity contribution in [2.24, 2.45) is 5.92 Å². The highest BCUT2D eigenvalue weighted by Gasteiger charge is 2.41. The highest BCUT2D eigenvalue weighted by molar-refractivity contribution is 6.13. The predicted octanol–water partition coefficient (Wildman–Crippen LogP) is 2.90. The molecule has 3 aliphatic rings. The number of ether oxygens (including phenoxy) is 1. The number of hydrogen-bond acceptors (Lipinski definition) is 5. The Morgan fingerprint density at radius 1 is 1.29 bits per heavy atom. The molecule has 1 aromatic carbocycles. The van der Waals surface area contributed by atoms with Crippen molar-refractivity contribution in [3.05, 3.63) is 29.6 Å². The van der Waals surface area contributed by atoms with Gasteiger partial charge < -0.3 is 25.2 Å². The van der Waals surface area contributed by atoms with Crippen molar-refractivity contribution < 1.29 is 14.3 Å². The molecule has 1 aliphatic carbocycles. The quantitative estimate of drug-likeness (QED) is 0.835. The van der Waals surface area contributed by atoms with Gasteiger partial charge in [-0.05, 0) is 31.7 Å². The normalized spacial score (nSPS) is 21.2. The van der Waals surface area contributed by atoms with Crippen LogP contribution in [0.15, 0.2) is 24.0 Å². The molecule has 7 heteroatoms. The van der Waals surface area contributed by atoms with Gasteiger partial charge in [-0.1, -0.05) is 19.3 Å². The van der Waals surface area contributed by atoms with Crippen LogP contribution in [0.5, 0.6) is 5.75 Å². The van der Waals surface area contributed by atoms with Crippen molar-refractivity contribution >= 4 is 23.2 Å². The summed E-state index contributed by atoms with van der Waals surface area (Å²) in [4.78, 5) is 29.2. The molecule has 1 atom stereocenters. The first-order valence-corrected chi connectivity index (χ1v) is 10.1. The predicted molar refractivity (Wildman–Crippen MR) is 108 cm³/mol. The molecule has 2 heterocycles. The lowest BCUT2D eigenvalue weighted by Crippen LogP contribution is -2.47. The van der Waals surface area contributed by atoms with Crippen LogP contribution in [0.2, 0.25) is 0 Å². The second-order valence-electron chi connectivity index (χ2n) is 7.75. The van der Waals surface area contributed by atoms with Gasteiger partial charge in [-0.3, -0.25) is 9.59 Å². The highest BCUT2D eigenvalue weighted by atomic mass is 16.5. The molecule has 0 spiro atoms. The van der Waals surface area contributed by atoms with Crippen molar-refractivity contribution in [3.63, 3.8) is 0 Å². The summed E-state index contributed by atoms with van der Waals surface area (Å²) in [6.07, 6.45) is 7.92. The number of benzene rings is 1. The number of amides is 2. The van der Waals surface area contributed by atoms with Crippen molar-refractivity contribution in [2.45, 2.75) is 45.2 Å². The molecule has 2 amide bonds. The van der Waals surface area contributed by atoms with Crippen LogP contribution in [0.4, 0.5) is 11.4 Å². The molecule has 0 bridgehead atoms. The van der Waals surface area contributed by atoms with Crippen LogP contribution in [-0.2, 0) is 4.79 Å².